The van der Waals surface area contributed by atoms with E-state index in [0.717, 1.165) is 53.5 Å². The number of aromatic nitrogens is 4. The molecule has 2 atom stereocenters. The quantitative estimate of drug-likeness (QED) is 0.315. The van der Waals surface area contributed by atoms with Crippen molar-refractivity contribution in [3.05, 3.63) is 77.7 Å². The predicted octanol–water partition coefficient (Wildman–Crippen LogP) is 3.21. The van der Waals surface area contributed by atoms with E-state index in [1.165, 1.54) is 6.42 Å². The van der Waals surface area contributed by atoms with Crippen molar-refractivity contribution in [3.63, 3.8) is 0 Å². The highest BCUT2D eigenvalue weighted by Crippen LogP contribution is 2.39. The van der Waals surface area contributed by atoms with E-state index in [0.29, 0.717) is 42.3 Å². The second-order valence-corrected chi connectivity index (χ2v) is 10.8. The van der Waals surface area contributed by atoms with E-state index in [9.17, 15) is 4.79 Å². The molecule has 4 aromatic rings. The molecule has 0 radical (unpaired) electrons. The van der Waals surface area contributed by atoms with Gasteiger partial charge in [-0.15, -0.1) is 0 Å². The second-order valence-electron chi connectivity index (χ2n) is 10.8. The van der Waals surface area contributed by atoms with Gasteiger partial charge in [0.15, 0.2) is 0 Å². The number of amides is 1. The number of nitrogen functional groups attached to an aromatic ring is 1. The van der Waals surface area contributed by atoms with E-state index in [4.69, 9.17) is 10.5 Å². The van der Waals surface area contributed by atoms with Crippen LogP contribution in [0.25, 0.3) is 11.3 Å². The Morgan fingerprint density at radius 1 is 1.10 bits per heavy atom. The minimum absolute atomic E-state index is 0.199. The van der Waals surface area contributed by atoms with Gasteiger partial charge < -0.3 is 26.0 Å². The van der Waals surface area contributed by atoms with E-state index >= 15 is 0 Å². The smallest absolute Gasteiger partial charge is 0.256 e. The van der Waals surface area contributed by atoms with Crippen LogP contribution in [-0.2, 0) is 13.0 Å². The van der Waals surface area contributed by atoms with Crippen molar-refractivity contribution >= 4 is 29.2 Å². The van der Waals surface area contributed by atoms with Gasteiger partial charge >= 0.3 is 0 Å². The summed E-state index contributed by atoms with van der Waals surface area (Å²) in [5, 5.41) is 6.35. The summed E-state index contributed by atoms with van der Waals surface area (Å²) in [4.78, 5) is 35.3. The number of fused-ring (bicyclic) bond motifs is 3. The lowest BCUT2D eigenvalue weighted by Gasteiger charge is -2.33. The summed E-state index contributed by atoms with van der Waals surface area (Å²) in [5.74, 6) is 2.05. The summed E-state index contributed by atoms with van der Waals surface area (Å²) >= 11 is 0. The third-order valence-corrected chi connectivity index (χ3v) is 8.16. The highest BCUT2D eigenvalue weighted by atomic mass is 16.5. The number of hydrogen-bond donors (Lipinski definition) is 3. The molecular formula is C30H31N9O2. The number of nitrogens with two attached hydrogens (primary N) is 1. The molecule has 3 aromatic heterocycles. The molecule has 2 saturated heterocycles. The van der Waals surface area contributed by atoms with Crippen molar-refractivity contribution < 1.29 is 9.53 Å². The number of nitrogens with one attached hydrogen (secondary N) is 2. The number of hydrogen-bond acceptors (Lipinski definition) is 10. The summed E-state index contributed by atoms with van der Waals surface area (Å²) < 4.78 is 5.93. The lowest BCUT2D eigenvalue weighted by atomic mass is 10.1. The third-order valence-electron chi connectivity index (χ3n) is 8.16. The van der Waals surface area contributed by atoms with Crippen molar-refractivity contribution in [2.24, 2.45) is 0 Å². The van der Waals surface area contributed by atoms with Crippen molar-refractivity contribution in [2.45, 2.75) is 31.5 Å². The molecule has 2 fully saturated rings. The normalized spacial score (nSPS) is 19.2. The molecular weight excluding hydrogens is 518 g/mol. The maximum Gasteiger partial charge on any atom is 0.256 e. The largest absolute Gasteiger partial charge is 0.492 e. The lowest BCUT2D eigenvalue weighted by molar-refractivity contribution is 0.102. The summed E-state index contributed by atoms with van der Waals surface area (Å²) in [6, 6.07) is 14.4. The summed E-state index contributed by atoms with van der Waals surface area (Å²) in [5.41, 5.74) is 10.9. The van der Waals surface area contributed by atoms with Gasteiger partial charge in [-0.1, -0.05) is 12.1 Å². The minimum atomic E-state index is -0.199. The van der Waals surface area contributed by atoms with Gasteiger partial charge in [0.05, 0.1) is 29.7 Å². The van der Waals surface area contributed by atoms with Crippen LogP contribution in [0, 0.1) is 0 Å². The van der Waals surface area contributed by atoms with E-state index in [-0.39, 0.29) is 11.9 Å². The molecule has 7 rings (SSSR count). The van der Waals surface area contributed by atoms with Crippen molar-refractivity contribution in [3.8, 4) is 17.0 Å². The first kappa shape index (κ1) is 25.2. The highest BCUT2D eigenvalue weighted by Gasteiger charge is 2.41. The predicted molar refractivity (Wildman–Crippen MR) is 157 cm³/mol. The zero-order valence-corrected chi connectivity index (χ0v) is 22.7. The Kier molecular flexibility index (Phi) is 6.35. The average molecular weight is 550 g/mol. The number of likely N-dealkylation sites (tertiary alicyclic amines) is 1. The zero-order chi connectivity index (χ0) is 27.9. The Morgan fingerprint density at radius 3 is 2.80 bits per heavy atom. The molecule has 6 heterocycles. The molecule has 1 amide bonds. The van der Waals surface area contributed by atoms with Crippen LogP contribution in [0.4, 0.5) is 23.3 Å². The fourth-order valence-corrected chi connectivity index (χ4v) is 6.06. The van der Waals surface area contributed by atoms with Gasteiger partial charge in [0.25, 0.3) is 5.91 Å². The third kappa shape index (κ3) is 4.89. The number of pyridine rings is 2. The van der Waals surface area contributed by atoms with Crippen LogP contribution in [0.3, 0.4) is 0 Å². The van der Waals surface area contributed by atoms with Crippen LogP contribution >= 0.6 is 0 Å². The van der Waals surface area contributed by atoms with Crippen LogP contribution < -0.4 is 26.0 Å². The van der Waals surface area contributed by atoms with Gasteiger partial charge in [0, 0.05) is 61.7 Å². The molecule has 1 aromatic carbocycles. The standard InChI is InChI=1S/C30H31N9O2/c1-38-16-22-12-21(38)17-39(22)20-5-6-26(33-14-20)37-29(40)19-4-2-3-18(11-19)13-34-28-23-8-10-41-27(23)24(15-35-28)25-7-9-32-30(31)36-25/h2-7,9,11,14-15,21-22H,8,10,12-13,16-17H2,1H3,(H,34,35)(H2,31,32,36)(H,33,37,40)/t21-,22-/m0/s1. The van der Waals surface area contributed by atoms with Crippen LogP contribution in [0.5, 0.6) is 5.75 Å². The number of benzene rings is 1. The SMILES string of the molecule is CN1C[C@@H]2C[C@H]1CN2c1ccc(NC(=O)c2cccc(CNc3ncc(-c4ccnc(N)n4)c4c3CCO4)c2)nc1. The fraction of sp³-hybridized carbons (Fsp3) is 0.300. The van der Waals surface area contributed by atoms with Crippen molar-refractivity contribution in [1.82, 2.24) is 24.8 Å². The second kappa shape index (κ2) is 10.3. The number of anilines is 4. The van der Waals surface area contributed by atoms with Crippen molar-refractivity contribution in [1.29, 1.82) is 0 Å². The minimum Gasteiger partial charge on any atom is -0.492 e. The fourth-order valence-electron chi connectivity index (χ4n) is 6.06. The molecule has 0 aliphatic carbocycles. The summed E-state index contributed by atoms with van der Waals surface area (Å²) in [7, 11) is 2.19. The molecule has 2 bridgehead atoms. The van der Waals surface area contributed by atoms with E-state index in [2.05, 4.69) is 47.4 Å². The molecule has 11 nitrogen and oxygen atoms in total. The maximum absolute atomic E-state index is 13.0. The summed E-state index contributed by atoms with van der Waals surface area (Å²) in [6.07, 6.45) is 7.16. The first-order chi connectivity index (χ1) is 20.0. The molecule has 11 heteroatoms. The van der Waals surface area contributed by atoms with Crippen molar-refractivity contribution in [2.75, 3.05) is 48.0 Å². The van der Waals surface area contributed by atoms with Gasteiger partial charge in [-0.05, 0) is 49.4 Å². The first-order valence-corrected chi connectivity index (χ1v) is 13.8. The molecule has 3 aliphatic rings. The first-order valence-electron chi connectivity index (χ1n) is 13.8. The Hall–Kier alpha value is -4.77. The van der Waals surface area contributed by atoms with Gasteiger partial charge in [0.1, 0.15) is 17.4 Å². The Morgan fingerprint density at radius 2 is 2.02 bits per heavy atom. The Bertz CT molecular complexity index is 1610. The van der Waals surface area contributed by atoms with Crippen LogP contribution in [-0.4, -0.2) is 69.6 Å². The molecule has 0 saturated carbocycles. The molecule has 4 N–H and O–H groups in total. The van der Waals surface area contributed by atoms with Crippen LogP contribution in [0.15, 0.2) is 61.1 Å². The van der Waals surface area contributed by atoms with E-state index in [1.807, 2.05) is 36.5 Å². The van der Waals surface area contributed by atoms with E-state index < -0.39 is 0 Å². The highest BCUT2D eigenvalue weighted by molar-refractivity contribution is 6.03. The van der Waals surface area contributed by atoms with Crippen LogP contribution in [0.2, 0.25) is 0 Å². The monoisotopic (exact) mass is 549 g/mol. The molecule has 208 valence electrons. The van der Waals surface area contributed by atoms with Gasteiger partial charge in [-0.3, -0.25) is 9.69 Å². The zero-order valence-electron chi connectivity index (χ0n) is 22.7. The maximum atomic E-state index is 13.0. The molecule has 3 aliphatic heterocycles. The average Bonchev–Trinajstić information content (AvgIpc) is 3.73. The lowest BCUT2D eigenvalue weighted by Crippen LogP contribution is -2.44. The van der Waals surface area contributed by atoms with Gasteiger partial charge in [0.2, 0.25) is 5.95 Å². The van der Waals surface area contributed by atoms with E-state index in [1.54, 1.807) is 24.5 Å². The number of likely N-dealkylation sites (N-methyl/N-ethyl adjacent to an activating group) is 1. The van der Waals surface area contributed by atoms with Crippen LogP contribution in [0.1, 0.15) is 27.9 Å². The number of carbonyl (C=O) groups is 1. The number of ether oxygens (including phenoxy) is 1. The Balaban J connectivity index is 1.01. The molecule has 0 unspecified atom stereocenters. The Labute approximate surface area is 237 Å². The number of piperazine rings is 1. The van der Waals surface area contributed by atoms with Gasteiger partial charge in [-0.25, -0.2) is 19.9 Å². The van der Waals surface area contributed by atoms with Gasteiger partial charge in [-0.2, -0.15) is 0 Å². The topological polar surface area (TPSA) is 134 Å². The molecule has 0 spiro atoms. The number of carbonyl (C=O) groups excluding carboxylic acids is 1. The number of nitrogens with zero attached hydrogens (tertiary/aromatic N) is 6. The molecule has 41 heavy (non-hydrogen) atoms. The number of rotatable bonds is 7. The summed E-state index contributed by atoms with van der Waals surface area (Å²) in [6.45, 7) is 3.19.